The van der Waals surface area contributed by atoms with Crippen molar-refractivity contribution in [3.63, 3.8) is 0 Å². The second-order valence-electron chi connectivity index (χ2n) is 3.64. The first-order valence-corrected chi connectivity index (χ1v) is 6.29. The van der Waals surface area contributed by atoms with E-state index in [0.29, 0.717) is 0 Å². The monoisotopic (exact) mass is 220 g/mol. The van der Waals surface area contributed by atoms with Gasteiger partial charge < -0.3 is 10.3 Å². The molecule has 0 atom stereocenters. The number of hydrogen-bond donors (Lipinski definition) is 1. The lowest BCUT2D eigenvalue weighted by molar-refractivity contribution is 0.963. The predicted molar refractivity (Wildman–Crippen MR) is 69.2 cm³/mol. The Morgan fingerprint density at radius 3 is 2.93 bits per heavy atom. The molecule has 1 aromatic carbocycles. The number of nitrogen functional groups attached to an aromatic ring is 1. The van der Waals surface area contributed by atoms with Crippen LogP contribution in [0.15, 0.2) is 24.4 Å². The molecule has 0 saturated carbocycles. The topological polar surface area (TPSA) is 30.9 Å². The van der Waals surface area contributed by atoms with Crippen molar-refractivity contribution < 1.29 is 0 Å². The summed E-state index contributed by atoms with van der Waals surface area (Å²) in [5.41, 5.74) is 9.48. The molecule has 0 aliphatic heterocycles. The maximum atomic E-state index is 6.02. The van der Waals surface area contributed by atoms with Gasteiger partial charge in [0.25, 0.3) is 0 Å². The van der Waals surface area contributed by atoms with Crippen LogP contribution in [-0.4, -0.2) is 10.3 Å². The molecule has 1 heterocycles. The van der Waals surface area contributed by atoms with Crippen molar-refractivity contribution in [3.05, 3.63) is 30.0 Å². The Bertz CT molecular complexity index is 474. The minimum atomic E-state index is 0.889. The highest BCUT2D eigenvalue weighted by molar-refractivity contribution is 7.98. The van der Waals surface area contributed by atoms with Crippen LogP contribution in [-0.2, 0) is 12.8 Å². The molecule has 0 aliphatic carbocycles. The molecule has 0 spiro atoms. The van der Waals surface area contributed by atoms with Gasteiger partial charge in [-0.2, -0.15) is 11.8 Å². The molecule has 3 heteroatoms. The summed E-state index contributed by atoms with van der Waals surface area (Å²) < 4.78 is 2.15. The molecular formula is C12H16N2S. The third-order valence-corrected chi connectivity index (χ3v) is 3.51. The Labute approximate surface area is 94.5 Å². The first-order chi connectivity index (χ1) is 7.24. The van der Waals surface area contributed by atoms with E-state index in [9.17, 15) is 0 Å². The van der Waals surface area contributed by atoms with Crippen molar-refractivity contribution in [2.75, 3.05) is 11.5 Å². The van der Waals surface area contributed by atoms with Crippen molar-refractivity contribution in [1.82, 2.24) is 4.57 Å². The molecule has 0 radical (unpaired) electrons. The first kappa shape index (κ1) is 10.4. The zero-order valence-electron chi connectivity index (χ0n) is 9.16. The van der Waals surface area contributed by atoms with Gasteiger partial charge in [-0.1, -0.05) is 13.0 Å². The summed E-state index contributed by atoms with van der Waals surface area (Å²) in [6.07, 6.45) is 2.18. The van der Waals surface area contributed by atoms with Crippen LogP contribution in [0.4, 0.5) is 5.69 Å². The van der Waals surface area contributed by atoms with Crippen LogP contribution in [0.5, 0.6) is 0 Å². The van der Waals surface area contributed by atoms with E-state index in [1.54, 1.807) is 0 Å². The van der Waals surface area contributed by atoms with Gasteiger partial charge in [-0.3, -0.25) is 0 Å². The Morgan fingerprint density at radius 2 is 2.20 bits per heavy atom. The molecule has 1 aromatic heterocycles. The average molecular weight is 220 g/mol. The highest BCUT2D eigenvalue weighted by Gasteiger charge is 2.08. The van der Waals surface area contributed by atoms with Crippen molar-refractivity contribution >= 4 is 28.4 Å². The summed E-state index contributed by atoms with van der Waals surface area (Å²) in [7, 11) is 2.07. The van der Waals surface area contributed by atoms with Crippen LogP contribution in [0.3, 0.4) is 0 Å². The fourth-order valence-corrected chi connectivity index (χ4v) is 2.53. The van der Waals surface area contributed by atoms with Crippen molar-refractivity contribution in [1.29, 1.82) is 0 Å². The van der Waals surface area contributed by atoms with E-state index in [0.717, 1.165) is 17.2 Å². The number of benzene rings is 1. The number of aryl methyl sites for hydroxylation is 1. The highest BCUT2D eigenvalue weighted by Crippen LogP contribution is 2.28. The van der Waals surface area contributed by atoms with Gasteiger partial charge in [0.2, 0.25) is 0 Å². The van der Waals surface area contributed by atoms with Gasteiger partial charge in [-0.05, 0) is 23.4 Å². The normalized spacial score (nSPS) is 11.1. The summed E-state index contributed by atoms with van der Waals surface area (Å²) in [4.78, 5) is 0. The number of nitrogens with zero attached hydrogens (tertiary/aromatic N) is 1. The van der Waals surface area contributed by atoms with Gasteiger partial charge in [0.05, 0.1) is 5.52 Å². The first-order valence-electron chi connectivity index (χ1n) is 5.14. The van der Waals surface area contributed by atoms with Crippen LogP contribution in [0.25, 0.3) is 10.9 Å². The minimum Gasteiger partial charge on any atom is -0.398 e. The molecule has 0 aliphatic rings. The third kappa shape index (κ3) is 1.84. The highest BCUT2D eigenvalue weighted by atomic mass is 32.2. The Kier molecular flexibility index (Phi) is 2.91. The number of fused-ring (bicyclic) bond motifs is 1. The van der Waals surface area contributed by atoms with E-state index < -0.39 is 0 Å². The molecule has 15 heavy (non-hydrogen) atoms. The van der Waals surface area contributed by atoms with Crippen molar-refractivity contribution in [2.45, 2.75) is 12.7 Å². The van der Waals surface area contributed by atoms with Crippen LogP contribution in [0.1, 0.15) is 12.5 Å². The standard InChI is InChI=1S/C12H16N2S/c1-3-15-8-9-7-14(2)11-6-4-5-10(13)12(9)11/h4-7H,3,8,13H2,1-2H3. The average Bonchev–Trinajstić information content (AvgIpc) is 2.55. The molecule has 2 rings (SSSR count). The van der Waals surface area contributed by atoms with Crippen molar-refractivity contribution in [3.8, 4) is 0 Å². The summed E-state index contributed by atoms with van der Waals surface area (Å²) in [5.74, 6) is 2.19. The van der Waals surface area contributed by atoms with Gasteiger partial charge in [0, 0.05) is 30.1 Å². The zero-order valence-corrected chi connectivity index (χ0v) is 9.97. The molecule has 2 aromatic rings. The van der Waals surface area contributed by atoms with Crippen molar-refractivity contribution in [2.24, 2.45) is 7.05 Å². The molecule has 80 valence electrons. The molecule has 0 saturated heterocycles. The second-order valence-corrected chi connectivity index (χ2v) is 4.92. The summed E-state index contributed by atoms with van der Waals surface area (Å²) >= 11 is 1.93. The number of thioether (sulfide) groups is 1. The Morgan fingerprint density at radius 1 is 1.40 bits per heavy atom. The Hall–Kier alpha value is -1.09. The van der Waals surface area contributed by atoms with E-state index >= 15 is 0 Å². The van der Waals surface area contributed by atoms with Gasteiger partial charge in [-0.25, -0.2) is 0 Å². The largest absolute Gasteiger partial charge is 0.398 e. The van der Waals surface area contributed by atoms with E-state index in [2.05, 4.69) is 30.8 Å². The van der Waals surface area contributed by atoms with Crippen LogP contribution < -0.4 is 5.73 Å². The molecule has 0 unspecified atom stereocenters. The lowest BCUT2D eigenvalue weighted by Crippen LogP contribution is -1.88. The maximum absolute atomic E-state index is 6.02. The summed E-state index contributed by atoms with van der Waals surface area (Å²) in [6, 6.07) is 6.10. The van der Waals surface area contributed by atoms with E-state index in [4.69, 9.17) is 5.73 Å². The van der Waals surface area contributed by atoms with Gasteiger partial charge in [0.15, 0.2) is 0 Å². The van der Waals surface area contributed by atoms with E-state index in [1.807, 2.05) is 23.9 Å². The van der Waals surface area contributed by atoms with E-state index in [-0.39, 0.29) is 0 Å². The van der Waals surface area contributed by atoms with Crippen LogP contribution >= 0.6 is 11.8 Å². The molecule has 2 nitrogen and oxygen atoms in total. The maximum Gasteiger partial charge on any atom is 0.0501 e. The predicted octanol–water partition coefficient (Wildman–Crippen LogP) is 3.01. The van der Waals surface area contributed by atoms with Crippen LogP contribution in [0, 0.1) is 0 Å². The number of aromatic nitrogens is 1. The SMILES string of the molecule is CCSCc1cn(C)c2cccc(N)c12. The third-order valence-electron chi connectivity index (χ3n) is 2.59. The quantitative estimate of drug-likeness (QED) is 0.806. The molecule has 0 bridgehead atoms. The Balaban J connectivity index is 2.54. The van der Waals surface area contributed by atoms with Gasteiger partial charge >= 0.3 is 0 Å². The fraction of sp³-hybridized carbons (Fsp3) is 0.333. The number of anilines is 1. The fourth-order valence-electron chi connectivity index (χ4n) is 1.89. The molecular weight excluding hydrogens is 204 g/mol. The number of hydrogen-bond acceptors (Lipinski definition) is 2. The lowest BCUT2D eigenvalue weighted by Gasteiger charge is -2.00. The summed E-state index contributed by atoms with van der Waals surface area (Å²) in [5, 5.41) is 1.22. The second kappa shape index (κ2) is 4.19. The summed E-state index contributed by atoms with van der Waals surface area (Å²) in [6.45, 7) is 2.18. The van der Waals surface area contributed by atoms with E-state index in [1.165, 1.54) is 16.5 Å². The number of rotatable bonds is 3. The lowest BCUT2D eigenvalue weighted by atomic mass is 10.1. The molecule has 0 fully saturated rings. The number of nitrogens with two attached hydrogens (primary N) is 1. The van der Waals surface area contributed by atoms with Crippen LogP contribution in [0.2, 0.25) is 0 Å². The molecule has 2 N–H and O–H groups in total. The van der Waals surface area contributed by atoms with Gasteiger partial charge in [-0.15, -0.1) is 0 Å². The zero-order chi connectivity index (χ0) is 10.8. The molecule has 0 amide bonds. The van der Waals surface area contributed by atoms with Gasteiger partial charge in [0.1, 0.15) is 0 Å². The smallest absolute Gasteiger partial charge is 0.0501 e. The minimum absolute atomic E-state index is 0.889.